The molecule has 1 rings (SSSR count). The van der Waals surface area contributed by atoms with Gasteiger partial charge in [-0.15, -0.1) is 0 Å². The maximum absolute atomic E-state index is 10.2. The molecule has 0 amide bonds. The molecule has 1 saturated carbocycles. The number of carbonyl (C=O) groups is 1. The van der Waals surface area contributed by atoms with Gasteiger partial charge in [-0.05, 0) is 31.1 Å². The minimum absolute atomic E-state index is 0.239. The van der Waals surface area contributed by atoms with E-state index in [-0.39, 0.29) is 6.42 Å². The van der Waals surface area contributed by atoms with Crippen LogP contribution in [-0.4, -0.2) is 5.97 Å². The normalized spacial score (nSPS) is 21.5. The molecule has 0 N–H and O–H groups in total. The summed E-state index contributed by atoms with van der Waals surface area (Å²) < 4.78 is 0. The Labute approximate surface area is 119 Å². The molecule has 0 aromatic heterocycles. The molecule has 1 aliphatic rings. The van der Waals surface area contributed by atoms with Crippen molar-refractivity contribution in [2.24, 2.45) is 11.8 Å². The molecule has 0 bridgehead atoms. The quantitative estimate of drug-likeness (QED) is 0.472. The van der Waals surface area contributed by atoms with Crippen LogP contribution >= 0.6 is 0 Å². The average Bonchev–Trinajstić information content (AvgIpc) is 3.12. The van der Waals surface area contributed by atoms with Crippen LogP contribution in [0.2, 0.25) is 0 Å². The fourth-order valence-electron chi connectivity index (χ4n) is 3.06. The minimum atomic E-state index is -0.899. The molecule has 0 radical (unpaired) electrons. The second kappa shape index (κ2) is 10.3. The molecule has 0 spiro atoms. The van der Waals surface area contributed by atoms with Crippen molar-refractivity contribution in [3.8, 4) is 0 Å². The Kier molecular flexibility index (Phi) is 8.94. The predicted molar refractivity (Wildman–Crippen MR) is 77.7 cm³/mol. The number of carboxylic acids is 1. The summed E-state index contributed by atoms with van der Waals surface area (Å²) >= 11 is 0. The Bertz CT molecular complexity index is 237. The first-order valence-electron chi connectivity index (χ1n) is 8.44. The maximum Gasteiger partial charge on any atom is 0.0414 e. The van der Waals surface area contributed by atoms with Crippen molar-refractivity contribution in [3.63, 3.8) is 0 Å². The molecule has 2 heteroatoms. The van der Waals surface area contributed by atoms with E-state index in [9.17, 15) is 9.90 Å². The highest BCUT2D eigenvalue weighted by Gasteiger charge is 2.34. The smallest absolute Gasteiger partial charge is 0.0414 e. The van der Waals surface area contributed by atoms with Gasteiger partial charge in [0.15, 0.2) is 0 Å². The summed E-state index contributed by atoms with van der Waals surface area (Å²) in [4.78, 5) is 10.2. The lowest BCUT2D eigenvalue weighted by atomic mass is 10.0. The molecule has 0 aliphatic heterocycles. The highest BCUT2D eigenvalue weighted by Crippen LogP contribution is 2.45. The Morgan fingerprint density at radius 2 is 1.42 bits per heavy atom. The lowest BCUT2D eigenvalue weighted by Gasteiger charge is -2.03. The maximum atomic E-state index is 10.2. The largest absolute Gasteiger partial charge is 0.550 e. The lowest BCUT2D eigenvalue weighted by Crippen LogP contribution is -2.21. The van der Waals surface area contributed by atoms with E-state index >= 15 is 0 Å². The standard InChI is InChI=1S/C17H32O2/c1-2-3-4-8-11-15-14-16(15)12-9-6-5-7-10-13-17(18)19/h15-16H,2-14H2,1H3,(H,18,19)/p-1. The summed E-state index contributed by atoms with van der Waals surface area (Å²) in [7, 11) is 0. The van der Waals surface area contributed by atoms with E-state index in [1.807, 2.05) is 0 Å². The molecule has 0 aromatic carbocycles. The topological polar surface area (TPSA) is 40.1 Å². The highest BCUT2D eigenvalue weighted by atomic mass is 16.4. The van der Waals surface area contributed by atoms with Gasteiger partial charge in [0.05, 0.1) is 0 Å². The molecule has 2 atom stereocenters. The van der Waals surface area contributed by atoms with Crippen LogP contribution in [-0.2, 0) is 4.79 Å². The van der Waals surface area contributed by atoms with Crippen LogP contribution in [0.15, 0.2) is 0 Å². The first-order chi connectivity index (χ1) is 9.24. The molecule has 0 aromatic rings. The molecule has 2 unspecified atom stereocenters. The third-order valence-electron chi connectivity index (χ3n) is 4.45. The Balaban J connectivity index is 1.78. The van der Waals surface area contributed by atoms with Gasteiger partial charge in [0.25, 0.3) is 0 Å². The Morgan fingerprint density at radius 1 is 0.895 bits per heavy atom. The molecular formula is C17H31O2-. The van der Waals surface area contributed by atoms with E-state index in [1.54, 1.807) is 0 Å². The number of rotatable bonds is 13. The van der Waals surface area contributed by atoms with Crippen molar-refractivity contribution < 1.29 is 9.90 Å². The molecule has 19 heavy (non-hydrogen) atoms. The van der Waals surface area contributed by atoms with Crippen LogP contribution in [0.3, 0.4) is 0 Å². The number of carbonyl (C=O) groups excluding carboxylic acids is 1. The van der Waals surface area contributed by atoms with Gasteiger partial charge in [-0.2, -0.15) is 0 Å². The first kappa shape index (κ1) is 16.5. The van der Waals surface area contributed by atoms with Crippen molar-refractivity contribution in [1.82, 2.24) is 0 Å². The van der Waals surface area contributed by atoms with Crippen molar-refractivity contribution in [2.75, 3.05) is 0 Å². The number of hydrogen-bond donors (Lipinski definition) is 0. The molecule has 1 fully saturated rings. The summed E-state index contributed by atoms with van der Waals surface area (Å²) in [5, 5.41) is 10.2. The van der Waals surface area contributed by atoms with Gasteiger partial charge in [0, 0.05) is 5.97 Å². The van der Waals surface area contributed by atoms with Crippen molar-refractivity contribution >= 4 is 5.97 Å². The molecular weight excluding hydrogens is 236 g/mol. The zero-order chi connectivity index (χ0) is 13.9. The summed E-state index contributed by atoms with van der Waals surface area (Å²) in [6.07, 6.45) is 15.9. The van der Waals surface area contributed by atoms with E-state index in [2.05, 4.69) is 6.92 Å². The van der Waals surface area contributed by atoms with E-state index in [4.69, 9.17) is 0 Å². The summed E-state index contributed by atoms with van der Waals surface area (Å²) in [5.74, 6) is 1.18. The fraction of sp³-hybridized carbons (Fsp3) is 0.941. The van der Waals surface area contributed by atoms with Gasteiger partial charge in [-0.1, -0.05) is 71.1 Å². The third-order valence-corrected chi connectivity index (χ3v) is 4.45. The van der Waals surface area contributed by atoms with Crippen LogP contribution < -0.4 is 5.11 Å². The van der Waals surface area contributed by atoms with Gasteiger partial charge in [0.2, 0.25) is 0 Å². The number of aliphatic carboxylic acids is 1. The second-order valence-corrected chi connectivity index (χ2v) is 6.28. The fourth-order valence-corrected chi connectivity index (χ4v) is 3.06. The summed E-state index contributed by atoms with van der Waals surface area (Å²) in [6.45, 7) is 2.27. The van der Waals surface area contributed by atoms with E-state index in [0.29, 0.717) is 0 Å². The zero-order valence-electron chi connectivity index (χ0n) is 12.7. The predicted octanol–water partition coefficient (Wildman–Crippen LogP) is 4.07. The molecule has 2 nitrogen and oxygen atoms in total. The summed E-state index contributed by atoms with van der Waals surface area (Å²) in [6, 6.07) is 0. The summed E-state index contributed by atoms with van der Waals surface area (Å²) in [5.41, 5.74) is 0. The van der Waals surface area contributed by atoms with Crippen molar-refractivity contribution in [2.45, 2.75) is 90.4 Å². The third kappa shape index (κ3) is 9.07. The number of unbranched alkanes of at least 4 members (excludes halogenated alkanes) is 7. The Morgan fingerprint density at radius 3 is 2.00 bits per heavy atom. The number of hydrogen-bond acceptors (Lipinski definition) is 2. The van der Waals surface area contributed by atoms with E-state index in [0.717, 1.165) is 24.7 Å². The van der Waals surface area contributed by atoms with Crippen LogP contribution in [0.1, 0.15) is 90.4 Å². The lowest BCUT2D eigenvalue weighted by molar-refractivity contribution is -0.305. The number of carboxylic acid groups (broad SMARTS) is 1. The van der Waals surface area contributed by atoms with Gasteiger partial charge >= 0.3 is 0 Å². The van der Waals surface area contributed by atoms with Crippen LogP contribution in [0.25, 0.3) is 0 Å². The zero-order valence-corrected chi connectivity index (χ0v) is 12.7. The van der Waals surface area contributed by atoms with Gasteiger partial charge in [0.1, 0.15) is 0 Å². The monoisotopic (exact) mass is 267 g/mol. The van der Waals surface area contributed by atoms with Gasteiger partial charge in [-0.3, -0.25) is 0 Å². The van der Waals surface area contributed by atoms with E-state index in [1.165, 1.54) is 64.2 Å². The van der Waals surface area contributed by atoms with Crippen molar-refractivity contribution in [3.05, 3.63) is 0 Å². The van der Waals surface area contributed by atoms with Crippen LogP contribution in [0, 0.1) is 11.8 Å². The minimum Gasteiger partial charge on any atom is -0.550 e. The molecule has 112 valence electrons. The van der Waals surface area contributed by atoms with E-state index < -0.39 is 5.97 Å². The van der Waals surface area contributed by atoms with Crippen molar-refractivity contribution in [1.29, 1.82) is 0 Å². The molecule has 0 saturated heterocycles. The molecule has 1 aliphatic carbocycles. The SMILES string of the molecule is CCCCCCC1CC1CCCCCCCC(=O)[O-]. The first-order valence-corrected chi connectivity index (χ1v) is 8.44. The van der Waals surface area contributed by atoms with Crippen LogP contribution in [0.4, 0.5) is 0 Å². The highest BCUT2D eigenvalue weighted by molar-refractivity contribution is 5.63. The van der Waals surface area contributed by atoms with Gasteiger partial charge in [-0.25, -0.2) is 0 Å². The van der Waals surface area contributed by atoms with Crippen LogP contribution in [0.5, 0.6) is 0 Å². The average molecular weight is 267 g/mol. The second-order valence-electron chi connectivity index (χ2n) is 6.28. The Hall–Kier alpha value is -0.530. The van der Waals surface area contributed by atoms with Gasteiger partial charge < -0.3 is 9.90 Å². The molecule has 0 heterocycles.